The number of carboxylic acid groups (broad SMARTS) is 1. The van der Waals surface area contributed by atoms with Crippen LogP contribution < -0.4 is 0 Å². The van der Waals surface area contributed by atoms with Crippen molar-refractivity contribution in [3.05, 3.63) is 30.0 Å². The lowest BCUT2D eigenvalue weighted by atomic mass is 10.1. The average molecular weight is 217 g/mol. The van der Waals surface area contributed by atoms with Gasteiger partial charge in [-0.25, -0.2) is 19.7 Å². The number of aromatic carboxylic acids is 1. The highest BCUT2D eigenvalue weighted by Crippen LogP contribution is 2.18. The van der Waals surface area contributed by atoms with Crippen LogP contribution in [0.1, 0.15) is 29.4 Å². The molecular formula is C11H11N3O2. The third kappa shape index (κ3) is 1.71. The average Bonchev–Trinajstić information content (AvgIpc) is 2.29. The van der Waals surface area contributed by atoms with Crippen LogP contribution >= 0.6 is 0 Å². The smallest absolute Gasteiger partial charge is 0.355 e. The van der Waals surface area contributed by atoms with E-state index in [2.05, 4.69) is 21.9 Å². The number of carbonyl (C=O) groups is 1. The molecule has 2 rings (SSSR count). The SMILES string of the molecule is CCCc1cnc(C(=O)O)c2cncnc12. The maximum atomic E-state index is 11.0. The van der Waals surface area contributed by atoms with E-state index >= 15 is 0 Å². The van der Waals surface area contributed by atoms with Gasteiger partial charge < -0.3 is 5.11 Å². The lowest BCUT2D eigenvalue weighted by molar-refractivity contribution is 0.0693. The minimum absolute atomic E-state index is 0.00968. The molecule has 5 nitrogen and oxygen atoms in total. The second kappa shape index (κ2) is 4.22. The van der Waals surface area contributed by atoms with Gasteiger partial charge in [0.05, 0.1) is 10.9 Å². The first-order valence-electron chi connectivity index (χ1n) is 5.05. The standard InChI is InChI=1S/C11H11N3O2/c1-2-3-7-4-13-10(11(15)16)8-5-12-6-14-9(7)8/h4-6H,2-3H2,1H3,(H,15,16). The van der Waals surface area contributed by atoms with Gasteiger partial charge in [-0.05, 0) is 12.0 Å². The zero-order valence-electron chi connectivity index (χ0n) is 8.84. The minimum atomic E-state index is -1.05. The number of carboxylic acids is 1. The molecule has 0 unspecified atom stereocenters. The summed E-state index contributed by atoms with van der Waals surface area (Å²) < 4.78 is 0. The van der Waals surface area contributed by atoms with Crippen molar-refractivity contribution in [2.24, 2.45) is 0 Å². The third-order valence-corrected chi connectivity index (χ3v) is 2.34. The molecule has 0 aliphatic carbocycles. The molecule has 1 N–H and O–H groups in total. The van der Waals surface area contributed by atoms with E-state index in [0.717, 1.165) is 18.4 Å². The van der Waals surface area contributed by atoms with Crippen molar-refractivity contribution < 1.29 is 9.90 Å². The van der Waals surface area contributed by atoms with Crippen LogP contribution in [0.3, 0.4) is 0 Å². The van der Waals surface area contributed by atoms with Gasteiger partial charge >= 0.3 is 5.97 Å². The van der Waals surface area contributed by atoms with Crippen LogP contribution in [0.15, 0.2) is 18.7 Å². The van der Waals surface area contributed by atoms with E-state index in [4.69, 9.17) is 5.11 Å². The summed E-state index contributed by atoms with van der Waals surface area (Å²) in [5.41, 5.74) is 1.66. The Morgan fingerprint density at radius 1 is 1.38 bits per heavy atom. The summed E-state index contributed by atoms with van der Waals surface area (Å²) in [4.78, 5) is 22.9. The summed E-state index contributed by atoms with van der Waals surface area (Å²) in [6.07, 6.45) is 6.31. The predicted octanol–water partition coefficient (Wildman–Crippen LogP) is 1.68. The Morgan fingerprint density at radius 2 is 2.19 bits per heavy atom. The molecule has 0 saturated heterocycles. The summed E-state index contributed by atoms with van der Waals surface area (Å²) in [5.74, 6) is -1.05. The minimum Gasteiger partial charge on any atom is -0.476 e. The second-order valence-corrected chi connectivity index (χ2v) is 3.47. The van der Waals surface area contributed by atoms with Crippen LogP contribution in [0, 0.1) is 0 Å². The molecule has 0 spiro atoms. The normalized spacial score (nSPS) is 10.6. The first-order valence-corrected chi connectivity index (χ1v) is 5.05. The Bertz CT molecular complexity index is 540. The quantitative estimate of drug-likeness (QED) is 0.846. The first kappa shape index (κ1) is 10.5. The molecule has 2 heterocycles. The highest BCUT2D eigenvalue weighted by atomic mass is 16.4. The zero-order valence-corrected chi connectivity index (χ0v) is 8.84. The Balaban J connectivity index is 2.71. The lowest BCUT2D eigenvalue weighted by Crippen LogP contribution is -2.04. The number of hydrogen-bond donors (Lipinski definition) is 1. The van der Waals surface area contributed by atoms with Gasteiger partial charge in [0.25, 0.3) is 0 Å². The van der Waals surface area contributed by atoms with Crippen molar-refractivity contribution in [2.75, 3.05) is 0 Å². The number of rotatable bonds is 3. The van der Waals surface area contributed by atoms with Crippen molar-refractivity contribution in [1.29, 1.82) is 0 Å². The van der Waals surface area contributed by atoms with Crippen molar-refractivity contribution in [3.63, 3.8) is 0 Å². The van der Waals surface area contributed by atoms with E-state index in [-0.39, 0.29) is 5.69 Å². The highest BCUT2D eigenvalue weighted by Gasteiger charge is 2.13. The Kier molecular flexibility index (Phi) is 2.76. The molecule has 0 fully saturated rings. The summed E-state index contributed by atoms with van der Waals surface area (Å²) in [6.45, 7) is 2.05. The van der Waals surface area contributed by atoms with Crippen LogP contribution in [0.5, 0.6) is 0 Å². The van der Waals surface area contributed by atoms with Gasteiger partial charge in [-0.1, -0.05) is 13.3 Å². The first-order chi connectivity index (χ1) is 7.74. The number of pyridine rings is 1. The molecule has 0 radical (unpaired) electrons. The van der Waals surface area contributed by atoms with Gasteiger partial charge in [0.2, 0.25) is 0 Å². The van der Waals surface area contributed by atoms with E-state index in [1.807, 2.05) is 0 Å². The third-order valence-electron chi connectivity index (χ3n) is 2.34. The Hall–Kier alpha value is -2.04. The molecule has 0 aliphatic heterocycles. The van der Waals surface area contributed by atoms with Crippen LogP contribution in [0.25, 0.3) is 10.9 Å². The van der Waals surface area contributed by atoms with E-state index in [9.17, 15) is 4.79 Å². The number of aromatic nitrogens is 3. The molecule has 0 bridgehead atoms. The molecule has 5 heteroatoms. The number of fused-ring (bicyclic) bond motifs is 1. The van der Waals surface area contributed by atoms with Crippen LogP contribution in [0.2, 0.25) is 0 Å². The molecule has 0 aromatic carbocycles. The molecule has 2 aromatic heterocycles. The van der Waals surface area contributed by atoms with Crippen LogP contribution in [-0.2, 0) is 6.42 Å². The summed E-state index contributed by atoms with van der Waals surface area (Å²) in [7, 11) is 0. The monoisotopic (exact) mass is 217 g/mol. The maximum Gasteiger partial charge on any atom is 0.355 e. The molecule has 0 atom stereocenters. The fourth-order valence-corrected chi connectivity index (χ4v) is 1.65. The Labute approximate surface area is 92.2 Å². The number of hydrogen-bond acceptors (Lipinski definition) is 4. The van der Waals surface area contributed by atoms with Crippen molar-refractivity contribution in [1.82, 2.24) is 15.0 Å². The number of aryl methyl sites for hydroxylation is 1. The largest absolute Gasteiger partial charge is 0.476 e. The molecule has 0 amide bonds. The van der Waals surface area contributed by atoms with E-state index in [0.29, 0.717) is 10.9 Å². The van der Waals surface area contributed by atoms with E-state index < -0.39 is 5.97 Å². The van der Waals surface area contributed by atoms with Gasteiger partial charge in [0, 0.05) is 12.4 Å². The number of nitrogens with zero attached hydrogens (tertiary/aromatic N) is 3. The predicted molar refractivity (Wildman–Crippen MR) is 58.3 cm³/mol. The molecule has 16 heavy (non-hydrogen) atoms. The van der Waals surface area contributed by atoms with E-state index in [1.54, 1.807) is 6.20 Å². The molecule has 0 saturated carbocycles. The topological polar surface area (TPSA) is 76.0 Å². The van der Waals surface area contributed by atoms with Crippen molar-refractivity contribution >= 4 is 16.9 Å². The second-order valence-electron chi connectivity index (χ2n) is 3.47. The van der Waals surface area contributed by atoms with E-state index in [1.165, 1.54) is 12.5 Å². The fraction of sp³-hybridized carbons (Fsp3) is 0.273. The summed E-state index contributed by atoms with van der Waals surface area (Å²) >= 11 is 0. The zero-order chi connectivity index (χ0) is 11.5. The Morgan fingerprint density at radius 3 is 2.88 bits per heavy atom. The lowest BCUT2D eigenvalue weighted by Gasteiger charge is -2.05. The van der Waals surface area contributed by atoms with Crippen molar-refractivity contribution in [3.8, 4) is 0 Å². The summed E-state index contributed by atoms with van der Waals surface area (Å²) in [6, 6.07) is 0. The maximum absolute atomic E-state index is 11.0. The summed E-state index contributed by atoms with van der Waals surface area (Å²) in [5, 5.41) is 9.49. The molecule has 82 valence electrons. The van der Waals surface area contributed by atoms with Gasteiger partial charge in [-0.15, -0.1) is 0 Å². The van der Waals surface area contributed by atoms with Gasteiger partial charge in [-0.2, -0.15) is 0 Å². The highest BCUT2D eigenvalue weighted by molar-refractivity contribution is 6.00. The van der Waals surface area contributed by atoms with Crippen LogP contribution in [-0.4, -0.2) is 26.0 Å². The van der Waals surface area contributed by atoms with Gasteiger partial charge in [0.1, 0.15) is 6.33 Å². The fourth-order valence-electron chi connectivity index (χ4n) is 1.65. The molecule has 2 aromatic rings. The molecule has 0 aliphatic rings. The van der Waals surface area contributed by atoms with Crippen molar-refractivity contribution in [2.45, 2.75) is 19.8 Å². The molecular weight excluding hydrogens is 206 g/mol. The van der Waals surface area contributed by atoms with Crippen LogP contribution in [0.4, 0.5) is 0 Å². The van der Waals surface area contributed by atoms with Gasteiger partial charge in [0.15, 0.2) is 5.69 Å². The van der Waals surface area contributed by atoms with Gasteiger partial charge in [-0.3, -0.25) is 0 Å².